The van der Waals surface area contributed by atoms with Crippen molar-refractivity contribution in [2.45, 2.75) is 11.2 Å². The first-order valence-electron chi connectivity index (χ1n) is 6.67. The van der Waals surface area contributed by atoms with Gasteiger partial charge in [-0.15, -0.1) is 0 Å². The van der Waals surface area contributed by atoms with E-state index < -0.39 is 17.6 Å². The van der Waals surface area contributed by atoms with Crippen molar-refractivity contribution in [3.05, 3.63) is 42.5 Å². The molecule has 24 heavy (non-hydrogen) atoms. The van der Waals surface area contributed by atoms with Crippen LogP contribution in [-0.4, -0.2) is 31.6 Å². The van der Waals surface area contributed by atoms with Gasteiger partial charge in [0.1, 0.15) is 16.9 Å². The highest BCUT2D eigenvalue weighted by atomic mass is 32.2. The lowest BCUT2D eigenvalue weighted by atomic mass is 10.2. The van der Waals surface area contributed by atoms with Crippen molar-refractivity contribution in [2.75, 3.05) is 11.1 Å². The molecule has 2 N–H and O–H groups in total. The van der Waals surface area contributed by atoms with Gasteiger partial charge in [0.15, 0.2) is 5.65 Å². The van der Waals surface area contributed by atoms with E-state index in [1.165, 1.54) is 24.8 Å². The van der Waals surface area contributed by atoms with Gasteiger partial charge in [-0.1, -0.05) is 17.8 Å². The fourth-order valence-electron chi connectivity index (χ4n) is 1.96. The quantitative estimate of drug-likeness (QED) is 0.556. The first-order chi connectivity index (χ1) is 11.4. The number of fused-ring (bicyclic) bond motifs is 1. The Morgan fingerprint density at radius 2 is 2.08 bits per heavy atom. The van der Waals surface area contributed by atoms with Gasteiger partial charge in [-0.05, 0) is 18.2 Å². The number of H-pyrrole nitrogens is 1. The first-order valence-corrected chi connectivity index (χ1v) is 7.66. The summed E-state index contributed by atoms with van der Waals surface area (Å²) in [5.41, 5.74) is 0.355. The smallest absolute Gasteiger partial charge is 0.341 e. The molecule has 0 aliphatic carbocycles. The van der Waals surface area contributed by atoms with Crippen LogP contribution in [-0.2, 0) is 11.0 Å². The molecule has 3 aromatic rings. The molecule has 0 fully saturated rings. The van der Waals surface area contributed by atoms with E-state index in [0.717, 1.165) is 23.9 Å². The van der Waals surface area contributed by atoms with Gasteiger partial charge in [-0.25, -0.2) is 15.0 Å². The number of anilines is 1. The SMILES string of the molecule is O=C(CSc1ncnc2nc[nH]c12)Nc1cccc(C(F)(F)F)c1. The molecule has 0 radical (unpaired) electrons. The molecule has 0 bridgehead atoms. The third-order valence-electron chi connectivity index (χ3n) is 3.00. The third-order valence-corrected chi connectivity index (χ3v) is 3.99. The van der Waals surface area contributed by atoms with Gasteiger partial charge in [-0.3, -0.25) is 4.79 Å². The van der Waals surface area contributed by atoms with Gasteiger partial charge in [0.25, 0.3) is 0 Å². The number of aromatic nitrogens is 4. The molecule has 2 aromatic heterocycles. The Labute approximate surface area is 137 Å². The molecule has 6 nitrogen and oxygen atoms in total. The van der Waals surface area contributed by atoms with E-state index in [1.54, 1.807) is 0 Å². The van der Waals surface area contributed by atoms with Crippen molar-refractivity contribution in [3.63, 3.8) is 0 Å². The number of carbonyl (C=O) groups excluding carboxylic acids is 1. The minimum Gasteiger partial charge on any atom is -0.341 e. The lowest BCUT2D eigenvalue weighted by Crippen LogP contribution is -2.15. The molecule has 0 saturated carbocycles. The van der Waals surface area contributed by atoms with Crippen LogP contribution in [0.1, 0.15) is 5.56 Å². The van der Waals surface area contributed by atoms with Crippen molar-refractivity contribution in [2.24, 2.45) is 0 Å². The highest BCUT2D eigenvalue weighted by Gasteiger charge is 2.30. The number of benzene rings is 1. The zero-order valence-electron chi connectivity index (χ0n) is 12.0. The number of nitrogens with one attached hydrogen (secondary N) is 2. The second kappa shape index (κ2) is 6.48. The normalized spacial score (nSPS) is 11.6. The molecule has 0 unspecified atom stereocenters. The number of amides is 1. The topological polar surface area (TPSA) is 83.6 Å². The monoisotopic (exact) mass is 353 g/mol. The van der Waals surface area contributed by atoms with Crippen LogP contribution < -0.4 is 5.32 Å². The number of rotatable bonds is 4. The van der Waals surface area contributed by atoms with Crippen LogP contribution in [0.25, 0.3) is 11.2 Å². The minimum atomic E-state index is -4.46. The molecule has 0 aliphatic rings. The number of aromatic amines is 1. The van der Waals surface area contributed by atoms with Crippen LogP contribution >= 0.6 is 11.8 Å². The maximum absolute atomic E-state index is 12.7. The number of halogens is 3. The molecule has 0 aliphatic heterocycles. The summed E-state index contributed by atoms with van der Waals surface area (Å²) in [6.07, 6.45) is -1.66. The van der Waals surface area contributed by atoms with Crippen LogP contribution in [0.4, 0.5) is 18.9 Å². The molecular formula is C14H10F3N5OS. The summed E-state index contributed by atoms with van der Waals surface area (Å²) in [6.45, 7) is 0. The molecule has 0 spiro atoms. The Hall–Kier alpha value is -2.62. The standard InChI is InChI=1S/C14H10F3N5OS/c15-14(16,17)8-2-1-3-9(4-8)22-10(23)5-24-13-11-12(19-6-18-11)20-7-21-13/h1-4,6-7H,5H2,(H,22,23)(H,18,19,20,21). The Morgan fingerprint density at radius 3 is 2.88 bits per heavy atom. The Kier molecular flexibility index (Phi) is 4.38. The highest BCUT2D eigenvalue weighted by molar-refractivity contribution is 8.00. The van der Waals surface area contributed by atoms with Crippen LogP contribution in [0.5, 0.6) is 0 Å². The average Bonchev–Trinajstić information content (AvgIpc) is 3.01. The van der Waals surface area contributed by atoms with Crippen molar-refractivity contribution >= 4 is 34.5 Å². The Morgan fingerprint density at radius 1 is 1.25 bits per heavy atom. The van der Waals surface area contributed by atoms with Crippen LogP contribution in [0.3, 0.4) is 0 Å². The first kappa shape index (κ1) is 16.2. The number of thioether (sulfide) groups is 1. The van der Waals surface area contributed by atoms with E-state index in [9.17, 15) is 18.0 Å². The van der Waals surface area contributed by atoms with Gasteiger partial charge in [0, 0.05) is 5.69 Å². The molecule has 124 valence electrons. The third kappa shape index (κ3) is 3.65. The van der Waals surface area contributed by atoms with E-state index in [1.807, 2.05) is 0 Å². The number of hydrogen-bond donors (Lipinski definition) is 2. The Bertz CT molecular complexity index is 880. The summed E-state index contributed by atoms with van der Waals surface area (Å²) in [7, 11) is 0. The molecule has 10 heteroatoms. The molecule has 1 amide bonds. The van der Waals surface area contributed by atoms with Crippen molar-refractivity contribution in [1.82, 2.24) is 19.9 Å². The largest absolute Gasteiger partial charge is 0.416 e. The summed E-state index contributed by atoms with van der Waals surface area (Å²) in [5, 5.41) is 2.98. The lowest BCUT2D eigenvalue weighted by molar-refractivity contribution is -0.137. The van der Waals surface area contributed by atoms with Crippen molar-refractivity contribution in [3.8, 4) is 0 Å². The summed E-state index contributed by atoms with van der Waals surface area (Å²) < 4.78 is 38.0. The minimum absolute atomic E-state index is 0.0125. The number of alkyl halides is 3. The fraction of sp³-hybridized carbons (Fsp3) is 0.143. The van der Waals surface area contributed by atoms with E-state index >= 15 is 0 Å². The zero-order chi connectivity index (χ0) is 17.2. The van der Waals surface area contributed by atoms with Gasteiger partial charge < -0.3 is 10.3 Å². The zero-order valence-corrected chi connectivity index (χ0v) is 12.8. The maximum Gasteiger partial charge on any atom is 0.416 e. The van der Waals surface area contributed by atoms with E-state index in [4.69, 9.17) is 0 Å². The number of imidazole rings is 1. The molecular weight excluding hydrogens is 343 g/mol. The van der Waals surface area contributed by atoms with E-state index in [2.05, 4.69) is 25.3 Å². The highest BCUT2D eigenvalue weighted by Crippen LogP contribution is 2.30. The van der Waals surface area contributed by atoms with E-state index in [-0.39, 0.29) is 11.4 Å². The van der Waals surface area contributed by atoms with Gasteiger partial charge in [-0.2, -0.15) is 13.2 Å². The summed E-state index contributed by atoms with van der Waals surface area (Å²) in [6, 6.07) is 4.47. The number of nitrogens with zero attached hydrogens (tertiary/aromatic N) is 3. The fourth-order valence-corrected chi connectivity index (χ4v) is 2.71. The van der Waals surface area contributed by atoms with Crippen molar-refractivity contribution in [1.29, 1.82) is 0 Å². The second-order valence-corrected chi connectivity index (χ2v) is 5.66. The van der Waals surface area contributed by atoms with Crippen LogP contribution in [0.2, 0.25) is 0 Å². The molecule has 0 atom stereocenters. The molecule has 3 rings (SSSR count). The average molecular weight is 353 g/mol. The molecule has 1 aromatic carbocycles. The molecule has 0 saturated heterocycles. The van der Waals surface area contributed by atoms with Crippen LogP contribution in [0.15, 0.2) is 41.9 Å². The van der Waals surface area contributed by atoms with Gasteiger partial charge >= 0.3 is 6.18 Å². The Balaban J connectivity index is 1.65. The number of hydrogen-bond acceptors (Lipinski definition) is 5. The molecule has 2 heterocycles. The van der Waals surface area contributed by atoms with Gasteiger partial charge in [0.2, 0.25) is 5.91 Å². The second-order valence-electron chi connectivity index (χ2n) is 4.70. The lowest BCUT2D eigenvalue weighted by Gasteiger charge is -2.09. The maximum atomic E-state index is 12.7. The summed E-state index contributed by atoms with van der Waals surface area (Å²) >= 11 is 1.14. The van der Waals surface area contributed by atoms with Crippen LogP contribution in [0, 0.1) is 0 Å². The predicted octanol–water partition coefficient (Wildman–Crippen LogP) is 3.10. The summed E-state index contributed by atoms with van der Waals surface area (Å²) in [5.74, 6) is -0.452. The summed E-state index contributed by atoms with van der Waals surface area (Å²) in [4.78, 5) is 26.8. The number of carbonyl (C=O) groups is 1. The van der Waals surface area contributed by atoms with E-state index in [0.29, 0.717) is 16.2 Å². The predicted molar refractivity (Wildman–Crippen MR) is 82.5 cm³/mol. The van der Waals surface area contributed by atoms with Gasteiger partial charge in [0.05, 0.1) is 17.6 Å². The van der Waals surface area contributed by atoms with Crippen molar-refractivity contribution < 1.29 is 18.0 Å².